The summed E-state index contributed by atoms with van der Waals surface area (Å²) < 4.78 is 27.5. The molecular formula is C20H16ClN3O5S. The van der Waals surface area contributed by atoms with E-state index in [1.165, 1.54) is 24.3 Å². The Bertz CT molecular complexity index is 1190. The predicted molar refractivity (Wildman–Crippen MR) is 114 cm³/mol. The van der Waals surface area contributed by atoms with Crippen LogP contribution in [0, 0.1) is 10.1 Å². The van der Waals surface area contributed by atoms with E-state index >= 15 is 0 Å². The van der Waals surface area contributed by atoms with Gasteiger partial charge in [0.15, 0.2) is 4.90 Å². The maximum absolute atomic E-state index is 13.3. The third-order valence-electron chi connectivity index (χ3n) is 4.11. The van der Waals surface area contributed by atoms with Crippen LogP contribution < -0.4 is 9.62 Å². The molecule has 30 heavy (non-hydrogen) atoms. The number of para-hydroxylation sites is 3. The van der Waals surface area contributed by atoms with Crippen LogP contribution in [0.1, 0.15) is 0 Å². The molecule has 3 rings (SSSR count). The number of anilines is 2. The molecule has 1 N–H and O–H groups in total. The number of nitrogens with zero attached hydrogens (tertiary/aromatic N) is 2. The molecule has 0 unspecified atom stereocenters. The topological polar surface area (TPSA) is 110 Å². The number of amides is 1. The van der Waals surface area contributed by atoms with Gasteiger partial charge in [0.25, 0.3) is 15.7 Å². The summed E-state index contributed by atoms with van der Waals surface area (Å²) in [5.74, 6) is -0.658. The highest BCUT2D eigenvalue weighted by Gasteiger charge is 2.33. The predicted octanol–water partition coefficient (Wildman–Crippen LogP) is 4.08. The molecule has 0 aromatic heterocycles. The van der Waals surface area contributed by atoms with Gasteiger partial charge in [-0.25, -0.2) is 8.42 Å². The minimum atomic E-state index is -4.43. The molecule has 0 aliphatic rings. The van der Waals surface area contributed by atoms with Crippen LogP contribution in [0.4, 0.5) is 17.1 Å². The molecular weight excluding hydrogens is 430 g/mol. The third-order valence-corrected chi connectivity index (χ3v) is 6.26. The molecule has 0 saturated carbocycles. The molecule has 0 fully saturated rings. The van der Waals surface area contributed by atoms with E-state index in [-0.39, 0.29) is 5.69 Å². The van der Waals surface area contributed by atoms with Crippen molar-refractivity contribution in [3.8, 4) is 0 Å². The van der Waals surface area contributed by atoms with Crippen molar-refractivity contribution in [2.45, 2.75) is 4.90 Å². The zero-order valence-electron chi connectivity index (χ0n) is 15.4. The molecule has 3 aromatic carbocycles. The van der Waals surface area contributed by atoms with Crippen molar-refractivity contribution in [3.63, 3.8) is 0 Å². The Hall–Kier alpha value is -3.43. The molecule has 0 atom stereocenters. The molecule has 0 aliphatic heterocycles. The Labute approximate surface area is 177 Å². The summed E-state index contributed by atoms with van der Waals surface area (Å²) in [5, 5.41) is 14.2. The monoisotopic (exact) mass is 445 g/mol. The smallest absolute Gasteiger partial charge is 0.289 e. The van der Waals surface area contributed by atoms with E-state index in [2.05, 4.69) is 5.32 Å². The number of rotatable bonds is 7. The molecule has 0 heterocycles. The lowest BCUT2D eigenvalue weighted by atomic mass is 10.3. The second-order valence-corrected chi connectivity index (χ2v) is 8.34. The number of nitro groups is 1. The van der Waals surface area contributed by atoms with Crippen molar-refractivity contribution in [2.75, 3.05) is 16.2 Å². The fraction of sp³-hybridized carbons (Fsp3) is 0.0500. The Balaban J connectivity index is 2.01. The van der Waals surface area contributed by atoms with Crippen LogP contribution in [-0.2, 0) is 14.8 Å². The summed E-state index contributed by atoms with van der Waals surface area (Å²) in [5.41, 5.74) is -0.0739. The van der Waals surface area contributed by atoms with Crippen LogP contribution in [0.5, 0.6) is 0 Å². The number of carbonyl (C=O) groups is 1. The Kier molecular flexibility index (Phi) is 6.34. The number of hydrogen-bond acceptors (Lipinski definition) is 5. The second-order valence-electron chi connectivity index (χ2n) is 6.10. The van der Waals surface area contributed by atoms with Gasteiger partial charge in [-0.3, -0.25) is 19.2 Å². The lowest BCUT2D eigenvalue weighted by Gasteiger charge is -2.24. The normalized spacial score (nSPS) is 11.0. The van der Waals surface area contributed by atoms with E-state index in [1.807, 2.05) is 0 Å². The van der Waals surface area contributed by atoms with Gasteiger partial charge in [-0.05, 0) is 30.3 Å². The van der Waals surface area contributed by atoms with Gasteiger partial charge in [0.2, 0.25) is 5.91 Å². The quantitative estimate of drug-likeness (QED) is 0.435. The molecule has 3 aromatic rings. The van der Waals surface area contributed by atoms with Gasteiger partial charge in [-0.15, -0.1) is 0 Å². The first kappa shape index (κ1) is 21.3. The Morgan fingerprint density at radius 3 is 2.23 bits per heavy atom. The van der Waals surface area contributed by atoms with Crippen LogP contribution >= 0.6 is 11.6 Å². The lowest BCUT2D eigenvalue weighted by molar-refractivity contribution is -0.387. The Morgan fingerprint density at radius 2 is 1.57 bits per heavy atom. The van der Waals surface area contributed by atoms with Crippen molar-refractivity contribution < 1.29 is 18.1 Å². The van der Waals surface area contributed by atoms with Gasteiger partial charge in [0, 0.05) is 6.07 Å². The molecule has 0 saturated heterocycles. The molecule has 1 amide bonds. The third kappa shape index (κ3) is 4.58. The van der Waals surface area contributed by atoms with Crippen molar-refractivity contribution in [3.05, 3.63) is 94.0 Å². The Morgan fingerprint density at radius 1 is 0.967 bits per heavy atom. The number of sulfonamides is 1. The van der Waals surface area contributed by atoms with E-state index in [9.17, 15) is 23.3 Å². The summed E-state index contributed by atoms with van der Waals surface area (Å²) in [6.45, 7) is -0.608. The van der Waals surface area contributed by atoms with Crippen LogP contribution in [0.2, 0.25) is 5.02 Å². The number of nitro benzene ring substituents is 1. The highest BCUT2D eigenvalue weighted by molar-refractivity contribution is 7.93. The summed E-state index contributed by atoms with van der Waals surface area (Å²) in [7, 11) is -4.43. The molecule has 0 radical (unpaired) electrons. The van der Waals surface area contributed by atoms with E-state index in [4.69, 9.17) is 11.6 Å². The van der Waals surface area contributed by atoms with Gasteiger partial charge in [-0.1, -0.05) is 54.1 Å². The minimum absolute atomic E-state index is 0.185. The van der Waals surface area contributed by atoms with Gasteiger partial charge < -0.3 is 5.32 Å². The highest BCUT2D eigenvalue weighted by atomic mass is 35.5. The highest BCUT2D eigenvalue weighted by Crippen LogP contribution is 2.30. The molecule has 0 aliphatic carbocycles. The number of hydrogen-bond donors (Lipinski definition) is 1. The first-order valence-corrected chi connectivity index (χ1v) is 10.5. The SMILES string of the molecule is O=C(CN(c1ccccc1)S(=O)(=O)c1ccccc1[N+](=O)[O-])Nc1ccccc1Cl. The fourth-order valence-corrected chi connectivity index (χ4v) is 4.50. The zero-order chi connectivity index (χ0) is 21.7. The average Bonchev–Trinajstić information content (AvgIpc) is 2.74. The average molecular weight is 446 g/mol. The van der Waals surface area contributed by atoms with E-state index in [1.54, 1.807) is 42.5 Å². The number of benzene rings is 3. The van der Waals surface area contributed by atoms with Gasteiger partial charge in [0.05, 0.1) is 21.3 Å². The summed E-state index contributed by atoms with van der Waals surface area (Å²) in [6, 6.07) is 19.4. The maximum Gasteiger partial charge on any atom is 0.289 e. The maximum atomic E-state index is 13.3. The molecule has 8 nitrogen and oxygen atoms in total. The van der Waals surface area contributed by atoms with Crippen molar-refractivity contribution in [1.82, 2.24) is 0 Å². The molecule has 10 heteroatoms. The van der Waals surface area contributed by atoms with E-state index in [0.29, 0.717) is 10.7 Å². The van der Waals surface area contributed by atoms with Gasteiger partial charge in [-0.2, -0.15) is 0 Å². The van der Waals surface area contributed by atoms with Crippen molar-refractivity contribution >= 4 is 44.6 Å². The zero-order valence-corrected chi connectivity index (χ0v) is 17.0. The molecule has 0 spiro atoms. The number of carbonyl (C=O) groups excluding carboxylic acids is 1. The summed E-state index contributed by atoms with van der Waals surface area (Å²) >= 11 is 6.04. The first-order chi connectivity index (χ1) is 14.3. The summed E-state index contributed by atoms with van der Waals surface area (Å²) in [6.07, 6.45) is 0. The number of halogens is 1. The lowest BCUT2D eigenvalue weighted by Crippen LogP contribution is -2.38. The largest absolute Gasteiger partial charge is 0.323 e. The van der Waals surface area contributed by atoms with Crippen LogP contribution in [0.25, 0.3) is 0 Å². The van der Waals surface area contributed by atoms with Gasteiger partial charge >= 0.3 is 0 Å². The van der Waals surface area contributed by atoms with Crippen molar-refractivity contribution in [1.29, 1.82) is 0 Å². The fourth-order valence-electron chi connectivity index (χ4n) is 2.74. The van der Waals surface area contributed by atoms with E-state index < -0.39 is 38.0 Å². The van der Waals surface area contributed by atoms with Gasteiger partial charge in [0.1, 0.15) is 6.54 Å². The standard InChI is InChI=1S/C20H16ClN3O5S/c21-16-10-4-5-11-17(16)22-20(25)14-23(15-8-2-1-3-9-15)30(28,29)19-13-7-6-12-18(19)24(26)27/h1-13H,14H2,(H,22,25). The van der Waals surface area contributed by atoms with Crippen LogP contribution in [0.15, 0.2) is 83.8 Å². The van der Waals surface area contributed by atoms with E-state index in [0.717, 1.165) is 16.4 Å². The first-order valence-electron chi connectivity index (χ1n) is 8.66. The molecule has 0 bridgehead atoms. The molecule has 154 valence electrons. The van der Waals surface area contributed by atoms with Crippen LogP contribution in [-0.4, -0.2) is 25.8 Å². The second kappa shape index (κ2) is 8.93. The number of nitrogens with one attached hydrogen (secondary N) is 1. The van der Waals surface area contributed by atoms with Crippen molar-refractivity contribution in [2.24, 2.45) is 0 Å². The van der Waals surface area contributed by atoms with Crippen LogP contribution in [0.3, 0.4) is 0 Å². The minimum Gasteiger partial charge on any atom is -0.323 e. The summed E-state index contributed by atoms with van der Waals surface area (Å²) in [4.78, 5) is 22.7.